The van der Waals surface area contributed by atoms with Crippen LogP contribution in [0, 0.1) is 6.92 Å². The summed E-state index contributed by atoms with van der Waals surface area (Å²) in [6.07, 6.45) is 0.784. The number of para-hydroxylation sites is 1. The van der Waals surface area contributed by atoms with Crippen molar-refractivity contribution in [1.82, 2.24) is 15.3 Å². The zero-order valence-corrected chi connectivity index (χ0v) is 11.2. The Morgan fingerprint density at radius 1 is 1.32 bits per heavy atom. The molecule has 0 saturated heterocycles. The molecule has 1 aromatic carbocycles. The van der Waals surface area contributed by atoms with Crippen LogP contribution in [0.1, 0.15) is 28.9 Å². The Morgan fingerprint density at radius 2 is 2.16 bits per heavy atom. The minimum absolute atomic E-state index is 0.0621. The van der Waals surface area contributed by atoms with Gasteiger partial charge in [0.2, 0.25) is 0 Å². The molecule has 0 saturated carbocycles. The van der Waals surface area contributed by atoms with E-state index in [-0.39, 0.29) is 6.10 Å². The molecule has 0 amide bonds. The summed E-state index contributed by atoms with van der Waals surface area (Å²) in [4.78, 5) is 9.11. The maximum absolute atomic E-state index is 5.94. The molecule has 1 aromatic heterocycles. The fraction of sp³-hybridized carbons (Fsp3) is 0.333. The number of nitrogens with zero attached hydrogens (tertiary/aromatic N) is 2. The number of hydrogen-bond donors (Lipinski definition) is 1. The van der Waals surface area contributed by atoms with Crippen LogP contribution >= 0.6 is 0 Å². The summed E-state index contributed by atoms with van der Waals surface area (Å²) in [5.41, 5.74) is 3.21. The average molecular weight is 255 g/mol. The van der Waals surface area contributed by atoms with Crippen molar-refractivity contribution in [2.75, 3.05) is 7.05 Å². The van der Waals surface area contributed by atoms with Gasteiger partial charge in [-0.15, -0.1) is 0 Å². The van der Waals surface area contributed by atoms with Crippen LogP contribution < -0.4 is 10.1 Å². The smallest absolute Gasteiger partial charge is 0.170 e. The number of fused-ring (bicyclic) bond motifs is 1. The summed E-state index contributed by atoms with van der Waals surface area (Å²) < 4.78 is 5.94. The summed E-state index contributed by atoms with van der Waals surface area (Å²) >= 11 is 0. The van der Waals surface area contributed by atoms with Crippen LogP contribution in [-0.2, 0) is 13.0 Å². The molecule has 19 heavy (non-hydrogen) atoms. The summed E-state index contributed by atoms with van der Waals surface area (Å²) in [5, 5.41) is 3.12. The van der Waals surface area contributed by atoms with Crippen molar-refractivity contribution in [2.45, 2.75) is 26.0 Å². The third kappa shape index (κ3) is 2.44. The highest BCUT2D eigenvalue weighted by molar-refractivity contribution is 5.38. The van der Waals surface area contributed by atoms with Gasteiger partial charge in [-0.25, -0.2) is 9.97 Å². The number of aryl methyl sites for hydroxylation is 1. The lowest BCUT2D eigenvalue weighted by molar-refractivity contribution is 0.226. The van der Waals surface area contributed by atoms with Crippen molar-refractivity contribution in [3.63, 3.8) is 0 Å². The van der Waals surface area contributed by atoms with Crippen LogP contribution in [0.25, 0.3) is 0 Å². The fourth-order valence-electron chi connectivity index (χ4n) is 2.40. The topological polar surface area (TPSA) is 47.0 Å². The third-order valence-corrected chi connectivity index (χ3v) is 3.22. The van der Waals surface area contributed by atoms with E-state index in [4.69, 9.17) is 4.74 Å². The number of rotatable bonds is 3. The molecular weight excluding hydrogens is 238 g/mol. The first kappa shape index (κ1) is 12.1. The lowest BCUT2D eigenvalue weighted by Gasteiger charge is -2.11. The van der Waals surface area contributed by atoms with E-state index in [1.54, 1.807) is 0 Å². The second kappa shape index (κ2) is 4.97. The lowest BCUT2D eigenvalue weighted by Crippen LogP contribution is -2.14. The SMILES string of the molecule is CNCc1cc(C)nc(C2Cc3ccccc3O2)n1. The summed E-state index contributed by atoms with van der Waals surface area (Å²) in [5.74, 6) is 1.73. The van der Waals surface area contributed by atoms with Crippen molar-refractivity contribution in [1.29, 1.82) is 0 Å². The molecule has 98 valence electrons. The number of nitrogens with one attached hydrogen (secondary N) is 1. The number of aromatic nitrogens is 2. The Balaban J connectivity index is 1.88. The number of benzene rings is 1. The van der Waals surface area contributed by atoms with Gasteiger partial charge in [0, 0.05) is 18.7 Å². The Hall–Kier alpha value is -1.94. The van der Waals surface area contributed by atoms with E-state index in [1.807, 2.05) is 38.2 Å². The molecule has 1 aliphatic heterocycles. The molecule has 2 heterocycles. The first-order valence-electron chi connectivity index (χ1n) is 6.50. The molecule has 1 atom stereocenters. The van der Waals surface area contributed by atoms with Crippen LogP contribution in [0.4, 0.5) is 0 Å². The van der Waals surface area contributed by atoms with Crippen molar-refractivity contribution in [3.05, 3.63) is 53.1 Å². The molecular formula is C15H17N3O. The first-order valence-corrected chi connectivity index (χ1v) is 6.50. The summed E-state index contributed by atoms with van der Waals surface area (Å²) in [6.45, 7) is 2.74. The Bertz CT molecular complexity index is 573. The molecule has 2 aromatic rings. The van der Waals surface area contributed by atoms with Crippen LogP contribution in [0.2, 0.25) is 0 Å². The molecule has 1 N–H and O–H groups in total. The molecule has 4 nitrogen and oxygen atoms in total. The first-order chi connectivity index (χ1) is 9.26. The largest absolute Gasteiger partial charge is 0.482 e. The van der Waals surface area contributed by atoms with Gasteiger partial charge < -0.3 is 10.1 Å². The molecule has 0 bridgehead atoms. The van der Waals surface area contributed by atoms with E-state index < -0.39 is 0 Å². The van der Waals surface area contributed by atoms with Crippen LogP contribution in [0.15, 0.2) is 30.3 Å². The zero-order chi connectivity index (χ0) is 13.2. The van der Waals surface area contributed by atoms with Gasteiger partial charge in [-0.3, -0.25) is 0 Å². The number of ether oxygens (including phenoxy) is 1. The van der Waals surface area contributed by atoms with Crippen molar-refractivity contribution in [3.8, 4) is 5.75 Å². The molecule has 0 radical (unpaired) electrons. The summed E-state index contributed by atoms with van der Waals surface area (Å²) in [6, 6.07) is 10.1. The second-order valence-corrected chi connectivity index (χ2v) is 4.81. The van der Waals surface area contributed by atoms with Crippen molar-refractivity contribution < 1.29 is 4.74 Å². The van der Waals surface area contributed by atoms with Crippen LogP contribution in [-0.4, -0.2) is 17.0 Å². The van der Waals surface area contributed by atoms with Crippen molar-refractivity contribution in [2.24, 2.45) is 0 Å². The molecule has 0 aliphatic carbocycles. The molecule has 1 aliphatic rings. The molecule has 1 unspecified atom stereocenters. The van der Waals surface area contributed by atoms with Gasteiger partial charge in [-0.05, 0) is 31.7 Å². The van der Waals surface area contributed by atoms with Gasteiger partial charge in [-0.2, -0.15) is 0 Å². The predicted octanol–water partition coefficient (Wildman–Crippen LogP) is 2.18. The highest BCUT2D eigenvalue weighted by Crippen LogP contribution is 2.35. The van der Waals surface area contributed by atoms with Gasteiger partial charge >= 0.3 is 0 Å². The fourth-order valence-corrected chi connectivity index (χ4v) is 2.40. The maximum Gasteiger partial charge on any atom is 0.170 e. The molecule has 0 fully saturated rings. The monoisotopic (exact) mass is 255 g/mol. The van der Waals surface area contributed by atoms with E-state index in [1.165, 1.54) is 5.56 Å². The quantitative estimate of drug-likeness (QED) is 0.913. The van der Waals surface area contributed by atoms with Gasteiger partial charge in [0.25, 0.3) is 0 Å². The maximum atomic E-state index is 5.94. The second-order valence-electron chi connectivity index (χ2n) is 4.81. The standard InChI is InChI=1S/C15H17N3O/c1-10-7-12(9-16-2)18-15(17-10)14-8-11-5-3-4-6-13(11)19-14/h3-7,14,16H,8-9H2,1-2H3. The molecule has 3 rings (SSSR count). The highest BCUT2D eigenvalue weighted by atomic mass is 16.5. The van der Waals surface area contributed by atoms with Crippen LogP contribution in [0.3, 0.4) is 0 Å². The van der Waals surface area contributed by atoms with Crippen molar-refractivity contribution >= 4 is 0 Å². The highest BCUT2D eigenvalue weighted by Gasteiger charge is 2.26. The molecule has 4 heteroatoms. The van der Waals surface area contributed by atoms with Crippen LogP contribution in [0.5, 0.6) is 5.75 Å². The van der Waals surface area contributed by atoms with E-state index in [9.17, 15) is 0 Å². The van der Waals surface area contributed by atoms with E-state index in [0.717, 1.165) is 35.9 Å². The van der Waals surface area contributed by atoms with E-state index >= 15 is 0 Å². The van der Waals surface area contributed by atoms with Gasteiger partial charge in [-0.1, -0.05) is 18.2 Å². The third-order valence-electron chi connectivity index (χ3n) is 3.22. The Labute approximate surface area is 112 Å². The van der Waals surface area contributed by atoms with Gasteiger partial charge in [0.15, 0.2) is 11.9 Å². The Morgan fingerprint density at radius 3 is 2.95 bits per heavy atom. The zero-order valence-electron chi connectivity index (χ0n) is 11.2. The minimum atomic E-state index is -0.0621. The lowest BCUT2D eigenvalue weighted by atomic mass is 10.1. The van der Waals surface area contributed by atoms with Gasteiger partial charge in [0.05, 0.1) is 5.69 Å². The summed E-state index contributed by atoms with van der Waals surface area (Å²) in [7, 11) is 1.92. The van der Waals surface area contributed by atoms with Gasteiger partial charge in [0.1, 0.15) is 5.75 Å². The van der Waals surface area contributed by atoms with E-state index in [0.29, 0.717) is 0 Å². The Kier molecular flexibility index (Phi) is 3.17. The molecule has 0 spiro atoms. The minimum Gasteiger partial charge on any atom is -0.482 e. The average Bonchev–Trinajstić information content (AvgIpc) is 2.82. The van der Waals surface area contributed by atoms with E-state index in [2.05, 4.69) is 21.4 Å². The predicted molar refractivity (Wildman–Crippen MR) is 73.0 cm³/mol. The normalized spacial score (nSPS) is 17.1. The number of hydrogen-bond acceptors (Lipinski definition) is 4.